The number of carboxylic acids is 1. The van der Waals surface area contributed by atoms with Gasteiger partial charge in [-0.3, -0.25) is 4.79 Å². The van der Waals surface area contributed by atoms with Crippen LogP contribution in [0.5, 0.6) is 0 Å². The summed E-state index contributed by atoms with van der Waals surface area (Å²) in [5, 5.41) is 8.43. The Kier molecular flexibility index (Phi) is 5.99. The summed E-state index contributed by atoms with van der Waals surface area (Å²) in [4.78, 5) is 10.2. The fourth-order valence-electron chi connectivity index (χ4n) is 1.29. The summed E-state index contributed by atoms with van der Waals surface area (Å²) in [6.07, 6.45) is 2.04. The van der Waals surface area contributed by atoms with Gasteiger partial charge < -0.3 is 9.53 Å². The van der Waals surface area contributed by atoms with E-state index in [1.165, 1.54) is 0 Å². The van der Waals surface area contributed by atoms with Crippen LogP contribution in [0.3, 0.4) is 0 Å². The van der Waals surface area contributed by atoms with E-state index in [9.17, 15) is 4.79 Å². The smallest absolute Gasteiger partial charge is 0.303 e. The SMILES string of the molecule is CCO[Si](C)(C)CCCCC(=O)O. The Labute approximate surface area is 81.2 Å². The van der Waals surface area contributed by atoms with Gasteiger partial charge in [0, 0.05) is 13.0 Å². The van der Waals surface area contributed by atoms with Crippen molar-refractivity contribution in [3.05, 3.63) is 0 Å². The van der Waals surface area contributed by atoms with Crippen molar-refractivity contribution >= 4 is 14.3 Å². The molecule has 78 valence electrons. The van der Waals surface area contributed by atoms with Crippen LogP contribution in [0.25, 0.3) is 0 Å². The highest BCUT2D eigenvalue weighted by atomic mass is 28.4. The number of carbonyl (C=O) groups is 1. The van der Waals surface area contributed by atoms with Gasteiger partial charge in [-0.15, -0.1) is 0 Å². The van der Waals surface area contributed by atoms with Gasteiger partial charge in [-0.1, -0.05) is 6.42 Å². The number of aliphatic carboxylic acids is 1. The Morgan fingerprint density at radius 2 is 2.00 bits per heavy atom. The predicted octanol–water partition coefficient (Wildman–Crippen LogP) is 2.48. The minimum atomic E-state index is -1.47. The van der Waals surface area contributed by atoms with Gasteiger partial charge in [-0.05, 0) is 32.5 Å². The van der Waals surface area contributed by atoms with Crippen LogP contribution in [0.15, 0.2) is 0 Å². The fourth-order valence-corrected chi connectivity index (χ4v) is 3.32. The average molecular weight is 204 g/mol. The first-order valence-corrected chi connectivity index (χ1v) is 7.95. The van der Waals surface area contributed by atoms with E-state index >= 15 is 0 Å². The van der Waals surface area contributed by atoms with Crippen molar-refractivity contribution in [2.24, 2.45) is 0 Å². The zero-order valence-electron chi connectivity index (χ0n) is 8.80. The highest BCUT2D eigenvalue weighted by molar-refractivity contribution is 6.71. The molecule has 0 fully saturated rings. The second-order valence-corrected chi connectivity index (χ2v) is 8.10. The molecule has 0 spiro atoms. The molecule has 0 heterocycles. The Morgan fingerprint density at radius 1 is 1.38 bits per heavy atom. The van der Waals surface area contributed by atoms with Crippen molar-refractivity contribution < 1.29 is 14.3 Å². The van der Waals surface area contributed by atoms with Crippen LogP contribution in [0.2, 0.25) is 19.1 Å². The zero-order chi connectivity index (χ0) is 10.3. The van der Waals surface area contributed by atoms with E-state index in [-0.39, 0.29) is 6.42 Å². The second-order valence-electron chi connectivity index (χ2n) is 3.79. The second kappa shape index (κ2) is 6.15. The maximum atomic E-state index is 10.2. The van der Waals surface area contributed by atoms with Crippen LogP contribution >= 0.6 is 0 Å². The fraction of sp³-hybridized carbons (Fsp3) is 0.889. The van der Waals surface area contributed by atoms with Crippen LogP contribution in [0.4, 0.5) is 0 Å². The molecule has 4 heteroatoms. The minimum Gasteiger partial charge on any atom is -0.481 e. The minimum absolute atomic E-state index is 0.288. The summed E-state index contributed by atoms with van der Waals surface area (Å²) in [7, 11) is -1.47. The molecule has 0 aromatic carbocycles. The van der Waals surface area contributed by atoms with Gasteiger partial charge in [0.1, 0.15) is 0 Å². The Balaban J connectivity index is 3.45. The van der Waals surface area contributed by atoms with E-state index in [1.54, 1.807) is 0 Å². The van der Waals surface area contributed by atoms with Crippen LogP contribution in [-0.2, 0) is 9.22 Å². The number of rotatable bonds is 7. The topological polar surface area (TPSA) is 46.5 Å². The van der Waals surface area contributed by atoms with Gasteiger partial charge in [0.15, 0.2) is 8.32 Å². The van der Waals surface area contributed by atoms with E-state index in [2.05, 4.69) is 13.1 Å². The van der Waals surface area contributed by atoms with E-state index in [4.69, 9.17) is 9.53 Å². The molecule has 1 N–H and O–H groups in total. The van der Waals surface area contributed by atoms with Crippen LogP contribution in [0, 0.1) is 0 Å². The Bertz CT molecular complexity index is 157. The number of unbranched alkanes of at least 4 members (excludes halogenated alkanes) is 1. The Hall–Kier alpha value is -0.353. The number of carboxylic acid groups (broad SMARTS) is 1. The lowest BCUT2D eigenvalue weighted by Gasteiger charge is -2.21. The molecule has 0 aromatic rings. The maximum Gasteiger partial charge on any atom is 0.303 e. The first-order chi connectivity index (χ1) is 5.98. The van der Waals surface area contributed by atoms with E-state index < -0.39 is 14.3 Å². The first kappa shape index (κ1) is 12.6. The van der Waals surface area contributed by atoms with Crippen LogP contribution in [-0.4, -0.2) is 26.0 Å². The first-order valence-electron chi connectivity index (χ1n) is 4.83. The molecule has 0 bridgehead atoms. The van der Waals surface area contributed by atoms with Gasteiger partial charge in [-0.25, -0.2) is 0 Å². The van der Waals surface area contributed by atoms with Crippen LogP contribution < -0.4 is 0 Å². The summed E-state index contributed by atoms with van der Waals surface area (Å²) < 4.78 is 5.63. The highest BCUT2D eigenvalue weighted by Gasteiger charge is 2.20. The molecule has 0 saturated heterocycles. The van der Waals surface area contributed by atoms with Crippen molar-refractivity contribution in [1.29, 1.82) is 0 Å². The van der Waals surface area contributed by atoms with Gasteiger partial charge in [0.25, 0.3) is 0 Å². The molecular weight excluding hydrogens is 184 g/mol. The van der Waals surface area contributed by atoms with Crippen molar-refractivity contribution in [2.45, 2.75) is 45.3 Å². The molecule has 0 amide bonds. The van der Waals surface area contributed by atoms with Crippen molar-refractivity contribution in [3.63, 3.8) is 0 Å². The standard InChI is InChI=1S/C9H20O3Si/c1-4-12-13(2,3)8-6-5-7-9(10)11/h4-8H2,1-3H3,(H,10,11). The maximum absolute atomic E-state index is 10.2. The van der Waals surface area contributed by atoms with Crippen molar-refractivity contribution in [2.75, 3.05) is 6.61 Å². The van der Waals surface area contributed by atoms with E-state index in [0.29, 0.717) is 0 Å². The molecule has 0 rings (SSSR count). The molecule has 0 aliphatic heterocycles. The van der Waals surface area contributed by atoms with Crippen molar-refractivity contribution in [1.82, 2.24) is 0 Å². The molecule has 0 unspecified atom stereocenters. The summed E-state index contributed by atoms with van der Waals surface area (Å²) in [6, 6.07) is 1.06. The molecule has 0 aliphatic carbocycles. The van der Waals surface area contributed by atoms with Gasteiger partial charge in [-0.2, -0.15) is 0 Å². The van der Waals surface area contributed by atoms with Gasteiger partial charge in [0.2, 0.25) is 0 Å². The van der Waals surface area contributed by atoms with Crippen molar-refractivity contribution in [3.8, 4) is 0 Å². The van der Waals surface area contributed by atoms with E-state index in [0.717, 1.165) is 25.5 Å². The summed E-state index contributed by atoms with van der Waals surface area (Å²) in [5.41, 5.74) is 0. The lowest BCUT2D eigenvalue weighted by atomic mass is 10.2. The molecular formula is C9H20O3Si. The molecule has 0 saturated carbocycles. The normalized spacial score (nSPS) is 11.6. The molecule has 0 aliphatic rings. The molecule has 0 aromatic heterocycles. The molecule has 13 heavy (non-hydrogen) atoms. The lowest BCUT2D eigenvalue weighted by molar-refractivity contribution is -0.137. The molecule has 0 radical (unpaired) electrons. The van der Waals surface area contributed by atoms with Gasteiger partial charge in [0.05, 0.1) is 0 Å². The molecule has 3 nitrogen and oxygen atoms in total. The average Bonchev–Trinajstić information content (AvgIpc) is 1.98. The number of hydrogen-bond donors (Lipinski definition) is 1. The summed E-state index contributed by atoms with van der Waals surface area (Å²) in [6.45, 7) is 7.14. The quantitative estimate of drug-likeness (QED) is 0.512. The highest BCUT2D eigenvalue weighted by Crippen LogP contribution is 2.15. The largest absolute Gasteiger partial charge is 0.481 e. The Morgan fingerprint density at radius 3 is 2.46 bits per heavy atom. The summed E-state index contributed by atoms with van der Waals surface area (Å²) >= 11 is 0. The third kappa shape index (κ3) is 7.99. The lowest BCUT2D eigenvalue weighted by Crippen LogP contribution is -2.29. The monoisotopic (exact) mass is 204 g/mol. The van der Waals surface area contributed by atoms with Gasteiger partial charge >= 0.3 is 5.97 Å². The zero-order valence-corrected chi connectivity index (χ0v) is 9.80. The predicted molar refractivity (Wildman–Crippen MR) is 55.4 cm³/mol. The third-order valence-corrected chi connectivity index (χ3v) is 4.58. The molecule has 0 atom stereocenters. The number of hydrogen-bond acceptors (Lipinski definition) is 2. The van der Waals surface area contributed by atoms with E-state index in [1.807, 2.05) is 6.92 Å². The van der Waals surface area contributed by atoms with Crippen LogP contribution in [0.1, 0.15) is 26.2 Å². The summed E-state index contributed by atoms with van der Waals surface area (Å²) in [5.74, 6) is -0.698. The third-order valence-electron chi connectivity index (χ3n) is 1.95.